The Morgan fingerprint density at radius 1 is 0.511 bits per heavy atom. The van der Waals surface area contributed by atoms with Gasteiger partial charge in [0.1, 0.15) is 0 Å². The van der Waals surface area contributed by atoms with E-state index >= 15 is 0 Å². The highest BCUT2D eigenvalue weighted by atomic mass is 16.2. The summed E-state index contributed by atoms with van der Waals surface area (Å²) in [6.45, 7) is 2.82. The lowest BCUT2D eigenvalue weighted by atomic mass is 9.96. The Bertz CT molecular complexity index is 2200. The van der Waals surface area contributed by atoms with Gasteiger partial charge in [-0.15, -0.1) is 0 Å². The fourth-order valence-corrected chi connectivity index (χ4v) is 6.44. The number of nitrogens with one attached hydrogen (secondary N) is 2. The number of carbonyl (C=O) groups is 2. The van der Waals surface area contributed by atoms with Crippen LogP contribution in [0.2, 0.25) is 0 Å². The molecule has 2 N–H and O–H groups in total. The first-order chi connectivity index (χ1) is 22.9. The van der Waals surface area contributed by atoms with Gasteiger partial charge >= 0.3 is 12.1 Å². The maximum Gasteiger partial charge on any atom is 0.321 e. The van der Waals surface area contributed by atoms with Gasteiger partial charge in [-0.25, -0.2) is 9.59 Å². The lowest BCUT2D eigenvalue weighted by molar-refractivity contribution is 0.220. The molecule has 0 aliphatic rings. The Morgan fingerprint density at radius 3 is 1.32 bits per heavy atom. The average Bonchev–Trinajstić information content (AvgIpc) is 3.09. The zero-order chi connectivity index (χ0) is 32.5. The van der Waals surface area contributed by atoms with Crippen molar-refractivity contribution in [1.29, 1.82) is 0 Å². The number of fused-ring (bicyclic) bond motifs is 4. The van der Waals surface area contributed by atoms with Crippen molar-refractivity contribution in [2.75, 3.05) is 24.7 Å². The third-order valence-electron chi connectivity index (χ3n) is 8.98. The molecule has 0 saturated heterocycles. The second-order valence-electron chi connectivity index (χ2n) is 12.2. The highest BCUT2D eigenvalue weighted by Crippen LogP contribution is 2.31. The Balaban J connectivity index is 1.08. The smallest absolute Gasteiger partial charge is 0.321 e. The summed E-state index contributed by atoms with van der Waals surface area (Å²) in [6, 6.07) is 42.6. The van der Waals surface area contributed by atoms with E-state index in [1.807, 2.05) is 73.7 Å². The summed E-state index contributed by atoms with van der Waals surface area (Å²) in [4.78, 5) is 30.4. The molecule has 0 spiro atoms. The van der Waals surface area contributed by atoms with E-state index in [1.54, 1.807) is 23.9 Å². The van der Waals surface area contributed by atoms with E-state index in [2.05, 4.69) is 71.3 Å². The van der Waals surface area contributed by atoms with Gasteiger partial charge in [-0.05, 0) is 91.0 Å². The summed E-state index contributed by atoms with van der Waals surface area (Å²) in [7, 11) is 3.60. The SMILES string of the molecule is Cc1ccc(NC(=O)N(C)Cc2c3ccccc3cc3ccccc23)cc1NC(=O)N(C)Cc1c2ccccc2cc2ccccc12. The van der Waals surface area contributed by atoms with E-state index in [9.17, 15) is 9.59 Å². The van der Waals surface area contributed by atoms with E-state index in [0.717, 1.165) is 59.8 Å². The predicted molar refractivity (Wildman–Crippen MR) is 195 cm³/mol. The first kappa shape index (κ1) is 29.8. The Morgan fingerprint density at radius 2 is 0.894 bits per heavy atom. The molecule has 232 valence electrons. The monoisotopic (exact) mass is 616 g/mol. The van der Waals surface area contributed by atoms with Crippen molar-refractivity contribution in [3.8, 4) is 0 Å². The van der Waals surface area contributed by atoms with Gasteiger partial charge in [0, 0.05) is 38.6 Å². The van der Waals surface area contributed by atoms with E-state index in [-0.39, 0.29) is 12.1 Å². The molecule has 0 aliphatic heterocycles. The van der Waals surface area contributed by atoms with Crippen molar-refractivity contribution >= 4 is 66.5 Å². The first-order valence-corrected chi connectivity index (χ1v) is 15.8. The number of anilines is 2. The molecule has 7 rings (SSSR count). The molecule has 6 nitrogen and oxygen atoms in total. The molecular formula is C41H36N4O2. The molecule has 0 radical (unpaired) electrons. The number of nitrogens with zero attached hydrogens (tertiary/aromatic N) is 2. The van der Waals surface area contributed by atoms with Gasteiger partial charge in [0.15, 0.2) is 0 Å². The largest absolute Gasteiger partial charge is 0.323 e. The standard InChI is InChI=1S/C41H36N4O2/c1-27-20-21-32(42-40(46)44(2)25-37-33-16-8-4-12-28(33)22-29-13-5-9-17-34(29)37)24-39(27)43-41(47)45(3)26-38-35-18-10-6-14-30(35)23-31-15-7-11-19-36(31)38/h4-24H,25-26H2,1-3H3,(H,42,46)(H,43,47). The van der Waals surface area contributed by atoms with Crippen molar-refractivity contribution in [3.05, 3.63) is 144 Å². The van der Waals surface area contributed by atoms with Crippen LogP contribution in [0.5, 0.6) is 0 Å². The van der Waals surface area contributed by atoms with Crippen LogP contribution in [0, 0.1) is 6.92 Å². The summed E-state index contributed by atoms with van der Waals surface area (Å²) in [6.07, 6.45) is 0. The molecular weight excluding hydrogens is 580 g/mol. The molecule has 4 amide bonds. The van der Waals surface area contributed by atoms with Crippen LogP contribution in [0.4, 0.5) is 21.0 Å². The Kier molecular flexibility index (Phi) is 7.92. The van der Waals surface area contributed by atoms with Gasteiger partial charge in [0.2, 0.25) is 0 Å². The quantitative estimate of drug-likeness (QED) is 0.183. The van der Waals surface area contributed by atoms with Crippen LogP contribution in [0.3, 0.4) is 0 Å². The fourth-order valence-electron chi connectivity index (χ4n) is 6.44. The molecule has 0 fully saturated rings. The molecule has 0 saturated carbocycles. The maximum atomic E-state index is 13.5. The molecule has 6 heteroatoms. The molecule has 0 unspecified atom stereocenters. The Labute approximate surface area is 274 Å². The first-order valence-electron chi connectivity index (χ1n) is 15.8. The molecule has 0 heterocycles. The summed E-state index contributed by atoms with van der Waals surface area (Å²) in [5.74, 6) is 0. The number of rotatable bonds is 6. The highest BCUT2D eigenvalue weighted by Gasteiger charge is 2.17. The molecule has 0 aliphatic carbocycles. The maximum absolute atomic E-state index is 13.5. The summed E-state index contributed by atoms with van der Waals surface area (Å²) in [5.41, 5.74) is 4.36. The number of benzene rings is 7. The number of carbonyl (C=O) groups excluding carboxylic acids is 2. The lowest BCUT2D eigenvalue weighted by Crippen LogP contribution is -2.32. The molecule has 0 bridgehead atoms. The van der Waals surface area contributed by atoms with Crippen LogP contribution in [0.25, 0.3) is 43.1 Å². The normalized spacial score (nSPS) is 11.2. The van der Waals surface area contributed by atoms with Crippen LogP contribution in [0.1, 0.15) is 16.7 Å². The van der Waals surface area contributed by atoms with Gasteiger partial charge in [-0.3, -0.25) is 0 Å². The molecule has 7 aromatic carbocycles. The van der Waals surface area contributed by atoms with Crippen molar-refractivity contribution in [2.45, 2.75) is 20.0 Å². The van der Waals surface area contributed by atoms with Gasteiger partial charge < -0.3 is 20.4 Å². The van der Waals surface area contributed by atoms with Gasteiger partial charge in [0.05, 0.1) is 0 Å². The van der Waals surface area contributed by atoms with Gasteiger partial charge in [-0.1, -0.05) is 103 Å². The number of urea groups is 2. The van der Waals surface area contributed by atoms with Crippen molar-refractivity contribution in [1.82, 2.24) is 9.80 Å². The minimum absolute atomic E-state index is 0.228. The topological polar surface area (TPSA) is 64.7 Å². The van der Waals surface area contributed by atoms with Gasteiger partial charge in [0.25, 0.3) is 0 Å². The summed E-state index contributed by atoms with van der Waals surface area (Å²) >= 11 is 0. The number of amides is 4. The molecule has 0 atom stereocenters. The van der Waals surface area contributed by atoms with E-state index in [4.69, 9.17) is 0 Å². The van der Waals surface area contributed by atoms with Crippen LogP contribution < -0.4 is 10.6 Å². The molecule has 0 aromatic heterocycles. The Hall–Kier alpha value is -5.88. The van der Waals surface area contributed by atoms with Crippen molar-refractivity contribution in [3.63, 3.8) is 0 Å². The van der Waals surface area contributed by atoms with Crippen LogP contribution in [-0.2, 0) is 13.1 Å². The second kappa shape index (κ2) is 12.5. The van der Waals surface area contributed by atoms with Crippen LogP contribution in [0.15, 0.2) is 127 Å². The van der Waals surface area contributed by atoms with Crippen molar-refractivity contribution < 1.29 is 9.59 Å². The minimum atomic E-state index is -0.233. The average molecular weight is 617 g/mol. The predicted octanol–water partition coefficient (Wildman–Crippen LogP) is 9.94. The molecule has 7 aromatic rings. The third-order valence-corrected chi connectivity index (χ3v) is 8.98. The zero-order valence-corrected chi connectivity index (χ0v) is 26.7. The van der Waals surface area contributed by atoms with E-state index < -0.39 is 0 Å². The zero-order valence-electron chi connectivity index (χ0n) is 26.7. The summed E-state index contributed by atoms with van der Waals surface area (Å²) < 4.78 is 0. The number of hydrogen-bond acceptors (Lipinski definition) is 2. The second-order valence-corrected chi connectivity index (χ2v) is 12.2. The van der Waals surface area contributed by atoms with Gasteiger partial charge in [-0.2, -0.15) is 0 Å². The van der Waals surface area contributed by atoms with E-state index in [0.29, 0.717) is 24.5 Å². The minimum Gasteiger partial charge on any atom is -0.323 e. The van der Waals surface area contributed by atoms with Crippen LogP contribution in [-0.4, -0.2) is 36.0 Å². The van der Waals surface area contributed by atoms with Crippen molar-refractivity contribution in [2.24, 2.45) is 0 Å². The number of aryl methyl sites for hydroxylation is 1. The third kappa shape index (κ3) is 5.93. The lowest BCUT2D eigenvalue weighted by Gasteiger charge is -2.22. The van der Waals surface area contributed by atoms with E-state index in [1.165, 1.54) is 0 Å². The fraction of sp³-hybridized carbons (Fsp3) is 0.122. The summed E-state index contributed by atoms with van der Waals surface area (Å²) in [5, 5.41) is 15.2. The van der Waals surface area contributed by atoms with Crippen LogP contribution >= 0.6 is 0 Å². The number of hydrogen-bond donors (Lipinski definition) is 2. The molecule has 47 heavy (non-hydrogen) atoms. The highest BCUT2D eigenvalue weighted by molar-refractivity contribution is 6.04.